The van der Waals surface area contributed by atoms with Gasteiger partial charge in [-0.15, -0.1) is 0 Å². The average molecular weight is 366 g/mol. The van der Waals surface area contributed by atoms with Gasteiger partial charge in [0.25, 0.3) is 5.91 Å². The normalized spacial score (nSPS) is 12.1. The summed E-state index contributed by atoms with van der Waals surface area (Å²) in [6.07, 6.45) is 0.376. The van der Waals surface area contributed by atoms with Crippen molar-refractivity contribution in [1.82, 2.24) is 20.1 Å². The van der Waals surface area contributed by atoms with Gasteiger partial charge in [0.2, 0.25) is 0 Å². The van der Waals surface area contributed by atoms with Crippen molar-refractivity contribution >= 4 is 22.9 Å². The lowest BCUT2D eigenvalue weighted by Crippen LogP contribution is -2.33. The predicted molar refractivity (Wildman–Crippen MR) is 102 cm³/mol. The van der Waals surface area contributed by atoms with Crippen LogP contribution in [0.2, 0.25) is 0 Å². The number of carbonyl (C=O) groups excluding carboxylic acids is 1. The van der Waals surface area contributed by atoms with E-state index in [-0.39, 0.29) is 18.4 Å². The zero-order valence-corrected chi connectivity index (χ0v) is 15.6. The molecule has 0 saturated heterocycles. The third-order valence-corrected chi connectivity index (χ3v) is 4.45. The third kappa shape index (κ3) is 3.97. The third-order valence-electron chi connectivity index (χ3n) is 4.45. The molecular formula is C20H22N4O3. The standard InChI is InChI=1S/C20H22N4O3/c1-12(9-10-17(25)26)21-20(27)15-11-16(14-7-5-4-6-8-14)22-19-18(15)13(2)23-24(19)3/h4-8,11-12H,9-10H2,1-3H3,(H,21,27)(H,25,26). The summed E-state index contributed by atoms with van der Waals surface area (Å²) in [5, 5.41) is 16.8. The highest BCUT2D eigenvalue weighted by Gasteiger charge is 2.20. The molecule has 1 aromatic carbocycles. The molecule has 7 nitrogen and oxygen atoms in total. The number of hydrogen-bond acceptors (Lipinski definition) is 4. The summed E-state index contributed by atoms with van der Waals surface area (Å²) in [4.78, 5) is 28.4. The van der Waals surface area contributed by atoms with E-state index in [0.29, 0.717) is 28.7 Å². The fraction of sp³-hybridized carbons (Fsp3) is 0.300. The van der Waals surface area contributed by atoms with Crippen LogP contribution in [0.15, 0.2) is 36.4 Å². The molecule has 2 aromatic heterocycles. The molecule has 27 heavy (non-hydrogen) atoms. The first-order valence-corrected chi connectivity index (χ1v) is 8.79. The minimum atomic E-state index is -0.878. The molecule has 140 valence electrons. The Hall–Kier alpha value is -3.22. The number of carbonyl (C=O) groups is 2. The Labute approximate surface area is 157 Å². The lowest BCUT2D eigenvalue weighted by Gasteiger charge is -2.14. The first kappa shape index (κ1) is 18.6. The van der Waals surface area contributed by atoms with E-state index >= 15 is 0 Å². The van der Waals surface area contributed by atoms with Gasteiger partial charge in [0.15, 0.2) is 5.65 Å². The van der Waals surface area contributed by atoms with E-state index in [9.17, 15) is 9.59 Å². The fourth-order valence-corrected chi connectivity index (χ4v) is 3.09. The largest absolute Gasteiger partial charge is 0.481 e. The summed E-state index contributed by atoms with van der Waals surface area (Å²) in [7, 11) is 1.80. The molecule has 0 aliphatic carbocycles. The zero-order chi connectivity index (χ0) is 19.6. The van der Waals surface area contributed by atoms with Gasteiger partial charge in [0.05, 0.1) is 22.3 Å². The van der Waals surface area contributed by atoms with Crippen LogP contribution in [0.25, 0.3) is 22.3 Å². The van der Waals surface area contributed by atoms with Crippen LogP contribution in [-0.2, 0) is 11.8 Å². The quantitative estimate of drug-likeness (QED) is 0.699. The van der Waals surface area contributed by atoms with Crippen LogP contribution in [0.5, 0.6) is 0 Å². The van der Waals surface area contributed by atoms with Crippen LogP contribution < -0.4 is 5.32 Å². The summed E-state index contributed by atoms with van der Waals surface area (Å²) in [5.41, 5.74) is 3.45. The highest BCUT2D eigenvalue weighted by Crippen LogP contribution is 2.26. The van der Waals surface area contributed by atoms with E-state index in [1.807, 2.05) is 37.3 Å². The number of nitrogens with one attached hydrogen (secondary N) is 1. The summed E-state index contributed by atoms with van der Waals surface area (Å²) in [6, 6.07) is 11.2. The Morgan fingerprint density at radius 2 is 1.96 bits per heavy atom. The number of aryl methyl sites for hydroxylation is 2. The zero-order valence-electron chi connectivity index (χ0n) is 15.6. The molecule has 0 saturated carbocycles. The molecule has 0 bridgehead atoms. The van der Waals surface area contributed by atoms with E-state index in [1.165, 1.54) is 0 Å². The predicted octanol–water partition coefficient (Wildman–Crippen LogP) is 2.93. The van der Waals surface area contributed by atoms with Gasteiger partial charge in [-0.3, -0.25) is 14.3 Å². The molecule has 0 radical (unpaired) electrons. The van der Waals surface area contributed by atoms with Gasteiger partial charge in [-0.25, -0.2) is 4.98 Å². The van der Waals surface area contributed by atoms with Crippen molar-refractivity contribution < 1.29 is 14.7 Å². The van der Waals surface area contributed by atoms with Crippen molar-refractivity contribution in [1.29, 1.82) is 0 Å². The number of carboxylic acid groups (broad SMARTS) is 1. The van der Waals surface area contributed by atoms with E-state index < -0.39 is 5.97 Å². The van der Waals surface area contributed by atoms with Gasteiger partial charge in [-0.05, 0) is 26.3 Å². The topological polar surface area (TPSA) is 97.1 Å². The first-order chi connectivity index (χ1) is 12.9. The van der Waals surface area contributed by atoms with E-state index in [0.717, 1.165) is 11.3 Å². The molecule has 1 unspecified atom stereocenters. The van der Waals surface area contributed by atoms with Crippen LogP contribution in [-0.4, -0.2) is 37.8 Å². The second-order valence-corrected chi connectivity index (χ2v) is 6.64. The van der Waals surface area contributed by atoms with Crippen LogP contribution in [0.4, 0.5) is 0 Å². The van der Waals surface area contributed by atoms with Crippen LogP contribution in [0, 0.1) is 6.92 Å². The number of aromatic nitrogens is 3. The second-order valence-electron chi connectivity index (χ2n) is 6.64. The van der Waals surface area contributed by atoms with E-state index in [1.54, 1.807) is 24.7 Å². The second kappa shape index (κ2) is 7.57. The minimum absolute atomic E-state index is 0.00832. The Bertz CT molecular complexity index is 995. The number of nitrogens with zero attached hydrogens (tertiary/aromatic N) is 3. The molecule has 1 atom stereocenters. The van der Waals surface area contributed by atoms with Crippen LogP contribution >= 0.6 is 0 Å². The maximum absolute atomic E-state index is 12.9. The first-order valence-electron chi connectivity index (χ1n) is 8.79. The number of aliphatic carboxylic acids is 1. The highest BCUT2D eigenvalue weighted by molar-refractivity contribution is 6.07. The Morgan fingerprint density at radius 3 is 2.63 bits per heavy atom. The monoisotopic (exact) mass is 366 g/mol. The summed E-state index contributed by atoms with van der Waals surface area (Å²) in [6.45, 7) is 3.64. The molecule has 0 aliphatic heterocycles. The number of fused-ring (bicyclic) bond motifs is 1. The smallest absolute Gasteiger partial charge is 0.303 e. The van der Waals surface area contributed by atoms with Gasteiger partial charge in [-0.1, -0.05) is 30.3 Å². The van der Waals surface area contributed by atoms with Crippen molar-refractivity contribution in [3.8, 4) is 11.3 Å². The molecule has 0 spiro atoms. The maximum Gasteiger partial charge on any atom is 0.303 e. The number of benzene rings is 1. The van der Waals surface area contributed by atoms with Crippen molar-refractivity contribution in [2.24, 2.45) is 7.05 Å². The number of carboxylic acids is 1. The summed E-state index contributed by atoms with van der Waals surface area (Å²) < 4.78 is 1.67. The number of pyridine rings is 1. The molecule has 2 N–H and O–H groups in total. The molecule has 3 aromatic rings. The Balaban J connectivity index is 2.02. The summed E-state index contributed by atoms with van der Waals surface area (Å²) in [5.74, 6) is -1.13. The Kier molecular flexibility index (Phi) is 5.21. The number of rotatable bonds is 6. The van der Waals surface area contributed by atoms with Crippen molar-refractivity contribution in [2.75, 3.05) is 0 Å². The van der Waals surface area contributed by atoms with Gasteiger partial charge in [-0.2, -0.15) is 5.10 Å². The molecular weight excluding hydrogens is 344 g/mol. The Morgan fingerprint density at radius 1 is 1.26 bits per heavy atom. The van der Waals surface area contributed by atoms with Gasteiger partial charge < -0.3 is 10.4 Å². The lowest BCUT2D eigenvalue weighted by molar-refractivity contribution is -0.137. The van der Waals surface area contributed by atoms with Crippen LogP contribution in [0.3, 0.4) is 0 Å². The SMILES string of the molecule is Cc1nn(C)c2nc(-c3ccccc3)cc(C(=O)NC(C)CCC(=O)O)c12. The van der Waals surface area contributed by atoms with E-state index in [2.05, 4.69) is 10.4 Å². The minimum Gasteiger partial charge on any atom is -0.481 e. The van der Waals surface area contributed by atoms with Crippen LogP contribution in [0.1, 0.15) is 35.8 Å². The van der Waals surface area contributed by atoms with Crippen molar-refractivity contribution in [3.63, 3.8) is 0 Å². The van der Waals surface area contributed by atoms with Crippen molar-refractivity contribution in [3.05, 3.63) is 47.7 Å². The number of amides is 1. The summed E-state index contributed by atoms with van der Waals surface area (Å²) >= 11 is 0. The molecule has 3 rings (SSSR count). The maximum atomic E-state index is 12.9. The molecule has 2 heterocycles. The molecule has 0 aliphatic rings. The number of hydrogen-bond donors (Lipinski definition) is 2. The van der Waals surface area contributed by atoms with E-state index in [4.69, 9.17) is 10.1 Å². The fourth-order valence-electron chi connectivity index (χ4n) is 3.09. The van der Waals surface area contributed by atoms with Gasteiger partial charge in [0, 0.05) is 25.1 Å². The molecule has 1 amide bonds. The average Bonchev–Trinajstić information content (AvgIpc) is 2.94. The highest BCUT2D eigenvalue weighted by atomic mass is 16.4. The molecule has 0 fully saturated rings. The lowest BCUT2D eigenvalue weighted by atomic mass is 10.0. The van der Waals surface area contributed by atoms with Gasteiger partial charge >= 0.3 is 5.97 Å². The molecule has 7 heteroatoms. The van der Waals surface area contributed by atoms with Crippen molar-refractivity contribution in [2.45, 2.75) is 32.7 Å². The van der Waals surface area contributed by atoms with Gasteiger partial charge in [0.1, 0.15) is 0 Å².